The van der Waals surface area contributed by atoms with Gasteiger partial charge >= 0.3 is 0 Å². The van der Waals surface area contributed by atoms with Gasteiger partial charge in [0.1, 0.15) is 0 Å². The molecule has 0 aromatic heterocycles. The predicted molar refractivity (Wildman–Crippen MR) is 141 cm³/mol. The fourth-order valence-electron chi connectivity index (χ4n) is 4.97. The Labute approximate surface area is 209 Å². The van der Waals surface area contributed by atoms with Crippen LogP contribution in [0.2, 0.25) is 0 Å². The molecule has 7 heteroatoms. The molecule has 1 aliphatic rings. The van der Waals surface area contributed by atoms with Crippen molar-refractivity contribution in [2.45, 2.75) is 37.6 Å². The maximum absolute atomic E-state index is 13.2. The molecule has 1 heterocycles. The lowest BCUT2D eigenvalue weighted by Gasteiger charge is -2.33. The molecule has 6 nitrogen and oxygen atoms in total. The number of nitrogens with one attached hydrogen (secondary N) is 1. The van der Waals surface area contributed by atoms with Gasteiger partial charge in [-0.3, -0.25) is 9.69 Å². The molecule has 1 fully saturated rings. The second-order valence-corrected chi connectivity index (χ2v) is 11.0. The molecule has 0 aliphatic carbocycles. The summed E-state index contributed by atoms with van der Waals surface area (Å²) in [5, 5.41) is 5.08. The average molecular weight is 494 g/mol. The molecule has 1 unspecified atom stereocenters. The molecule has 1 N–H and O–H groups in total. The van der Waals surface area contributed by atoms with E-state index in [2.05, 4.69) is 36.2 Å². The Morgan fingerprint density at radius 1 is 0.943 bits per heavy atom. The second kappa shape index (κ2) is 11.3. The molecule has 35 heavy (non-hydrogen) atoms. The summed E-state index contributed by atoms with van der Waals surface area (Å²) in [6.07, 6.45) is 1.06. The number of likely N-dealkylation sites (N-methyl/N-ethyl adjacent to an activating group) is 1. The number of hydrogen-bond acceptors (Lipinski definition) is 4. The van der Waals surface area contributed by atoms with E-state index in [9.17, 15) is 13.2 Å². The van der Waals surface area contributed by atoms with Gasteiger partial charge in [0.25, 0.3) is 0 Å². The van der Waals surface area contributed by atoms with Crippen LogP contribution in [0, 0.1) is 5.92 Å². The van der Waals surface area contributed by atoms with E-state index in [4.69, 9.17) is 0 Å². The van der Waals surface area contributed by atoms with Gasteiger partial charge in [0.2, 0.25) is 15.9 Å². The van der Waals surface area contributed by atoms with Crippen LogP contribution in [0.4, 0.5) is 0 Å². The zero-order valence-corrected chi connectivity index (χ0v) is 21.4. The number of nitrogens with zero attached hydrogens (tertiary/aromatic N) is 2. The summed E-state index contributed by atoms with van der Waals surface area (Å²) in [6.45, 7) is 7.31. The quantitative estimate of drug-likeness (QED) is 0.479. The first kappa shape index (κ1) is 25.4. The van der Waals surface area contributed by atoms with E-state index >= 15 is 0 Å². The third kappa shape index (κ3) is 5.74. The van der Waals surface area contributed by atoms with Crippen LogP contribution in [0.25, 0.3) is 10.8 Å². The molecule has 1 saturated heterocycles. The number of hydrogen-bond donors (Lipinski definition) is 1. The molecular formula is C28H35N3O3S. The number of fused-ring (bicyclic) bond motifs is 1. The van der Waals surface area contributed by atoms with Crippen LogP contribution < -0.4 is 5.32 Å². The van der Waals surface area contributed by atoms with Crippen molar-refractivity contribution < 1.29 is 13.2 Å². The molecule has 0 spiro atoms. The minimum atomic E-state index is -3.59. The van der Waals surface area contributed by atoms with E-state index in [1.165, 1.54) is 9.87 Å². The molecule has 3 aromatic rings. The van der Waals surface area contributed by atoms with Crippen LogP contribution in [0.5, 0.6) is 0 Å². The standard InChI is InChI=1S/C28H35N3O3S/c1-3-30(4-2)27(23-11-6-5-7-12-23)21-29-28(32)24-16-18-31(19-17-24)35(33,34)26-15-14-22-10-8-9-13-25(22)20-26/h5-15,20,24,27H,3-4,16-19,21H2,1-2H3,(H,29,32). The molecule has 0 radical (unpaired) electrons. The molecule has 0 bridgehead atoms. The van der Waals surface area contributed by atoms with Gasteiger partial charge in [-0.2, -0.15) is 4.31 Å². The fourth-order valence-corrected chi connectivity index (χ4v) is 6.48. The first-order valence-corrected chi connectivity index (χ1v) is 13.9. The SMILES string of the molecule is CCN(CC)C(CNC(=O)C1CCN(S(=O)(=O)c2ccc3ccccc3c2)CC1)c1ccccc1. The van der Waals surface area contributed by atoms with Gasteiger partial charge < -0.3 is 5.32 Å². The van der Waals surface area contributed by atoms with Crippen molar-refractivity contribution in [2.75, 3.05) is 32.7 Å². The van der Waals surface area contributed by atoms with Crippen LogP contribution >= 0.6 is 0 Å². The summed E-state index contributed by atoms with van der Waals surface area (Å²) in [5.74, 6) is -0.160. The largest absolute Gasteiger partial charge is 0.354 e. The van der Waals surface area contributed by atoms with Gasteiger partial charge in [-0.1, -0.05) is 74.5 Å². The zero-order chi connectivity index (χ0) is 24.8. The van der Waals surface area contributed by atoms with Crippen molar-refractivity contribution in [3.63, 3.8) is 0 Å². The lowest BCUT2D eigenvalue weighted by molar-refractivity contribution is -0.126. The van der Waals surface area contributed by atoms with Crippen molar-refractivity contribution in [3.8, 4) is 0 Å². The average Bonchev–Trinajstić information content (AvgIpc) is 2.91. The number of sulfonamides is 1. The number of rotatable bonds is 9. The number of amides is 1. The molecule has 186 valence electrons. The Kier molecular flexibility index (Phi) is 8.21. The van der Waals surface area contributed by atoms with Crippen molar-refractivity contribution in [3.05, 3.63) is 78.4 Å². The van der Waals surface area contributed by atoms with E-state index in [-0.39, 0.29) is 17.9 Å². The minimum Gasteiger partial charge on any atom is -0.354 e. The molecule has 1 aliphatic heterocycles. The second-order valence-electron chi connectivity index (χ2n) is 9.08. The molecule has 1 amide bonds. The number of benzene rings is 3. The molecular weight excluding hydrogens is 458 g/mol. The van der Waals surface area contributed by atoms with Gasteiger partial charge in [0.15, 0.2) is 0 Å². The third-order valence-corrected chi connectivity index (χ3v) is 8.99. The summed E-state index contributed by atoms with van der Waals surface area (Å²) >= 11 is 0. The van der Waals surface area contributed by atoms with E-state index in [0.717, 1.165) is 23.9 Å². The maximum atomic E-state index is 13.2. The van der Waals surface area contributed by atoms with Crippen molar-refractivity contribution >= 4 is 26.7 Å². The van der Waals surface area contributed by atoms with Gasteiger partial charge in [-0.05, 0) is 54.4 Å². The topological polar surface area (TPSA) is 69.7 Å². The number of carbonyl (C=O) groups is 1. The van der Waals surface area contributed by atoms with Gasteiger partial charge in [0.05, 0.1) is 10.9 Å². The van der Waals surface area contributed by atoms with Gasteiger partial charge in [0, 0.05) is 25.6 Å². The molecule has 3 aromatic carbocycles. The third-order valence-electron chi connectivity index (χ3n) is 7.09. The van der Waals surface area contributed by atoms with Crippen molar-refractivity contribution in [1.82, 2.24) is 14.5 Å². The zero-order valence-electron chi connectivity index (χ0n) is 20.6. The van der Waals surface area contributed by atoms with Crippen LogP contribution in [-0.4, -0.2) is 56.3 Å². The number of piperidine rings is 1. The number of carbonyl (C=O) groups excluding carboxylic acids is 1. The fraction of sp³-hybridized carbons (Fsp3) is 0.393. The minimum absolute atomic E-state index is 0.0147. The van der Waals surface area contributed by atoms with Crippen molar-refractivity contribution in [1.29, 1.82) is 0 Å². The maximum Gasteiger partial charge on any atom is 0.243 e. The molecule has 4 rings (SSSR count). The van der Waals surface area contributed by atoms with Gasteiger partial charge in [-0.15, -0.1) is 0 Å². The molecule has 1 atom stereocenters. The summed E-state index contributed by atoms with van der Waals surface area (Å²) in [6, 6.07) is 23.4. The highest BCUT2D eigenvalue weighted by molar-refractivity contribution is 7.89. The lowest BCUT2D eigenvalue weighted by atomic mass is 9.97. The predicted octanol–water partition coefficient (Wildman–Crippen LogP) is 4.44. The first-order valence-electron chi connectivity index (χ1n) is 12.5. The van der Waals surface area contributed by atoms with E-state index in [1.807, 2.05) is 48.5 Å². The Balaban J connectivity index is 1.37. The summed E-state index contributed by atoms with van der Waals surface area (Å²) in [4.78, 5) is 15.7. The highest BCUT2D eigenvalue weighted by Gasteiger charge is 2.32. The summed E-state index contributed by atoms with van der Waals surface area (Å²) < 4.78 is 28.0. The van der Waals surface area contributed by atoms with E-state index in [1.54, 1.807) is 12.1 Å². The Hall–Kier alpha value is -2.74. The highest BCUT2D eigenvalue weighted by atomic mass is 32.2. The van der Waals surface area contributed by atoms with E-state index in [0.29, 0.717) is 37.4 Å². The molecule has 0 saturated carbocycles. The Morgan fingerprint density at radius 3 is 2.23 bits per heavy atom. The van der Waals surface area contributed by atoms with Crippen LogP contribution in [-0.2, 0) is 14.8 Å². The van der Waals surface area contributed by atoms with Crippen LogP contribution in [0.15, 0.2) is 77.7 Å². The Morgan fingerprint density at radius 2 is 1.57 bits per heavy atom. The van der Waals surface area contributed by atoms with Crippen LogP contribution in [0.1, 0.15) is 38.3 Å². The monoisotopic (exact) mass is 493 g/mol. The smallest absolute Gasteiger partial charge is 0.243 e. The first-order chi connectivity index (χ1) is 16.9. The Bertz CT molecular complexity index is 1230. The van der Waals surface area contributed by atoms with E-state index < -0.39 is 10.0 Å². The highest BCUT2D eigenvalue weighted by Crippen LogP contribution is 2.27. The normalized spacial score (nSPS) is 16.4. The van der Waals surface area contributed by atoms with Crippen molar-refractivity contribution in [2.24, 2.45) is 5.92 Å². The van der Waals surface area contributed by atoms with Crippen LogP contribution in [0.3, 0.4) is 0 Å². The summed E-state index contributed by atoms with van der Waals surface area (Å²) in [7, 11) is -3.59. The van der Waals surface area contributed by atoms with Gasteiger partial charge in [-0.25, -0.2) is 8.42 Å². The summed E-state index contributed by atoms with van der Waals surface area (Å²) in [5.41, 5.74) is 1.19. The lowest BCUT2D eigenvalue weighted by Crippen LogP contribution is -2.45.